The average Bonchev–Trinajstić information content (AvgIpc) is 2.89. The highest BCUT2D eigenvalue weighted by Gasteiger charge is 2.24. The molecule has 112 valence electrons. The predicted octanol–water partition coefficient (Wildman–Crippen LogP) is 1.41. The number of hydrogen-bond acceptors (Lipinski definition) is 3. The summed E-state index contributed by atoms with van der Waals surface area (Å²) in [7, 11) is 0.399. The summed E-state index contributed by atoms with van der Waals surface area (Å²) in [5.74, 6) is -0.682. The van der Waals surface area contributed by atoms with Crippen LogP contribution in [0, 0.1) is 0 Å². The molecule has 21 heavy (non-hydrogen) atoms. The van der Waals surface area contributed by atoms with Crippen molar-refractivity contribution >= 4 is 16.8 Å². The summed E-state index contributed by atoms with van der Waals surface area (Å²) in [6, 6.07) is 9.29. The Kier molecular flexibility index (Phi) is 5.27. The molecule has 2 rings (SSSR count). The molecule has 1 aromatic carbocycles. The zero-order chi connectivity index (χ0) is 15.2. The van der Waals surface area contributed by atoms with Crippen molar-refractivity contribution in [1.82, 2.24) is 9.78 Å². The number of carbonyl (C=O) groups is 1. The van der Waals surface area contributed by atoms with Crippen LogP contribution in [-0.4, -0.2) is 36.1 Å². The van der Waals surface area contributed by atoms with E-state index in [0.717, 1.165) is 11.1 Å². The molecule has 0 amide bonds. The molecule has 1 heterocycles. The van der Waals surface area contributed by atoms with Crippen LogP contribution < -0.4 is 0 Å². The zero-order valence-electron chi connectivity index (χ0n) is 11.8. The lowest BCUT2D eigenvalue weighted by Crippen LogP contribution is -2.30. The molecule has 0 bridgehead atoms. The number of carboxylic acid groups (broad SMARTS) is 1. The lowest BCUT2D eigenvalue weighted by molar-refractivity contribution is -0.136. The Labute approximate surface area is 126 Å². The molecule has 2 aromatic rings. The van der Waals surface area contributed by atoms with Crippen LogP contribution in [0.2, 0.25) is 0 Å². The van der Waals surface area contributed by atoms with Gasteiger partial charge in [-0.05, 0) is 24.0 Å². The fourth-order valence-electron chi connectivity index (χ4n) is 2.08. The number of aromatic nitrogens is 2. The third-order valence-corrected chi connectivity index (χ3v) is 4.82. The average molecular weight is 306 g/mol. The number of rotatable bonds is 7. The molecule has 0 aliphatic heterocycles. The number of aryl methyl sites for hydroxylation is 2. The molecular weight excluding hydrogens is 288 g/mol. The fourth-order valence-corrected chi connectivity index (χ4v) is 3.41. The minimum atomic E-state index is -1.42. The third-order valence-electron chi connectivity index (χ3n) is 3.21. The second kappa shape index (κ2) is 7.17. The van der Waals surface area contributed by atoms with Crippen molar-refractivity contribution in [2.24, 2.45) is 7.05 Å². The van der Waals surface area contributed by atoms with Gasteiger partial charge >= 0.3 is 5.97 Å². The van der Waals surface area contributed by atoms with Gasteiger partial charge in [-0.25, -0.2) is 0 Å². The van der Waals surface area contributed by atoms with E-state index in [-0.39, 0.29) is 6.42 Å². The van der Waals surface area contributed by atoms with Gasteiger partial charge < -0.3 is 5.11 Å². The smallest absolute Gasteiger partial charge is 0.319 e. The van der Waals surface area contributed by atoms with E-state index in [2.05, 4.69) is 5.10 Å². The molecule has 0 radical (unpaired) electrons. The van der Waals surface area contributed by atoms with Crippen LogP contribution in [0.3, 0.4) is 0 Å². The molecule has 0 spiro atoms. The highest BCUT2D eigenvalue weighted by molar-refractivity contribution is 7.86. The van der Waals surface area contributed by atoms with Crippen LogP contribution in [0.1, 0.15) is 11.1 Å². The van der Waals surface area contributed by atoms with Crippen molar-refractivity contribution < 1.29 is 14.1 Å². The minimum Gasteiger partial charge on any atom is -0.480 e. The Hall–Kier alpha value is -1.95. The van der Waals surface area contributed by atoms with E-state index in [1.54, 1.807) is 10.9 Å². The summed E-state index contributed by atoms with van der Waals surface area (Å²) >= 11 is 0. The van der Waals surface area contributed by atoms with E-state index in [4.69, 9.17) is 0 Å². The Bertz CT molecular complexity index is 625. The quantitative estimate of drug-likeness (QED) is 0.839. The number of aliphatic carboxylic acids is 1. The molecular formula is C15H18N2O3S. The van der Waals surface area contributed by atoms with Gasteiger partial charge in [-0.1, -0.05) is 30.3 Å². The summed E-state index contributed by atoms with van der Waals surface area (Å²) in [5, 5.41) is 12.5. The van der Waals surface area contributed by atoms with Gasteiger partial charge in [0.05, 0.1) is 6.20 Å². The highest BCUT2D eigenvalue weighted by Crippen LogP contribution is 2.10. The van der Waals surface area contributed by atoms with E-state index in [9.17, 15) is 14.1 Å². The summed E-state index contributed by atoms with van der Waals surface area (Å²) in [6.45, 7) is 0. The molecule has 5 nitrogen and oxygen atoms in total. The maximum atomic E-state index is 12.3. The second-order valence-corrected chi connectivity index (χ2v) is 6.61. The molecule has 2 unspecified atom stereocenters. The molecule has 1 N–H and O–H groups in total. The van der Waals surface area contributed by atoms with Crippen LogP contribution in [0.15, 0.2) is 42.7 Å². The molecule has 0 aliphatic carbocycles. The van der Waals surface area contributed by atoms with E-state index < -0.39 is 22.0 Å². The monoisotopic (exact) mass is 306 g/mol. The van der Waals surface area contributed by atoms with Gasteiger partial charge in [-0.2, -0.15) is 5.10 Å². The van der Waals surface area contributed by atoms with Crippen molar-refractivity contribution in [3.63, 3.8) is 0 Å². The molecule has 0 fully saturated rings. The minimum absolute atomic E-state index is 0.288. The van der Waals surface area contributed by atoms with E-state index in [1.807, 2.05) is 43.6 Å². The Morgan fingerprint density at radius 1 is 1.33 bits per heavy atom. The first-order chi connectivity index (χ1) is 10.1. The second-order valence-electron chi connectivity index (χ2n) is 4.87. The Balaban J connectivity index is 1.97. The molecule has 0 saturated carbocycles. The van der Waals surface area contributed by atoms with Gasteiger partial charge in [0.25, 0.3) is 0 Å². The first-order valence-electron chi connectivity index (χ1n) is 6.67. The molecule has 0 aliphatic rings. The summed E-state index contributed by atoms with van der Waals surface area (Å²) in [4.78, 5) is 11.4. The maximum Gasteiger partial charge on any atom is 0.319 e. The largest absolute Gasteiger partial charge is 0.480 e. The number of benzene rings is 1. The molecule has 2 atom stereocenters. The standard InChI is InChI=1S/C15H18N2O3S/c1-17-11-13(10-16-17)7-8-21(20)14(15(18)19)9-12-5-3-2-4-6-12/h2-6,10-11,14H,7-9H2,1H3,(H,18,19). The Morgan fingerprint density at radius 2 is 2.05 bits per heavy atom. The number of hydrogen-bond donors (Lipinski definition) is 1. The van der Waals surface area contributed by atoms with Gasteiger partial charge in [0, 0.05) is 29.8 Å². The van der Waals surface area contributed by atoms with Crippen LogP contribution in [0.4, 0.5) is 0 Å². The zero-order valence-corrected chi connectivity index (χ0v) is 12.6. The Morgan fingerprint density at radius 3 is 2.62 bits per heavy atom. The first-order valence-corrected chi connectivity index (χ1v) is 8.06. The van der Waals surface area contributed by atoms with Gasteiger partial charge in [0.1, 0.15) is 5.25 Å². The first kappa shape index (κ1) is 15.4. The van der Waals surface area contributed by atoms with Crippen molar-refractivity contribution in [3.8, 4) is 0 Å². The van der Waals surface area contributed by atoms with Gasteiger partial charge in [-0.15, -0.1) is 0 Å². The van der Waals surface area contributed by atoms with Crippen LogP contribution in [0.25, 0.3) is 0 Å². The van der Waals surface area contributed by atoms with E-state index >= 15 is 0 Å². The fraction of sp³-hybridized carbons (Fsp3) is 0.333. The van der Waals surface area contributed by atoms with Crippen molar-refractivity contribution in [2.75, 3.05) is 5.75 Å². The molecule has 0 saturated heterocycles. The molecule has 1 aromatic heterocycles. The third kappa shape index (κ3) is 4.53. The lowest BCUT2D eigenvalue weighted by Gasteiger charge is -2.12. The van der Waals surface area contributed by atoms with Gasteiger partial charge in [0.2, 0.25) is 0 Å². The van der Waals surface area contributed by atoms with Gasteiger partial charge in [0.15, 0.2) is 0 Å². The van der Waals surface area contributed by atoms with E-state index in [1.165, 1.54) is 0 Å². The van der Waals surface area contributed by atoms with Crippen LogP contribution in [-0.2, 0) is 35.5 Å². The maximum absolute atomic E-state index is 12.3. The number of nitrogens with zero attached hydrogens (tertiary/aromatic N) is 2. The summed E-state index contributed by atoms with van der Waals surface area (Å²) in [5.41, 5.74) is 1.86. The summed E-state index contributed by atoms with van der Waals surface area (Å²) in [6.07, 6.45) is 4.42. The normalized spacial score (nSPS) is 13.8. The van der Waals surface area contributed by atoms with E-state index in [0.29, 0.717) is 12.2 Å². The van der Waals surface area contributed by atoms with Crippen molar-refractivity contribution in [1.29, 1.82) is 0 Å². The highest BCUT2D eigenvalue weighted by atomic mass is 32.2. The van der Waals surface area contributed by atoms with Crippen molar-refractivity contribution in [2.45, 2.75) is 18.1 Å². The van der Waals surface area contributed by atoms with Crippen LogP contribution >= 0.6 is 0 Å². The van der Waals surface area contributed by atoms with Gasteiger partial charge in [-0.3, -0.25) is 13.7 Å². The molecule has 6 heteroatoms. The van der Waals surface area contributed by atoms with Crippen LogP contribution in [0.5, 0.6) is 0 Å². The SMILES string of the molecule is Cn1cc(CCS(=O)C(Cc2ccccc2)C(=O)O)cn1. The van der Waals surface area contributed by atoms with Crippen molar-refractivity contribution in [3.05, 3.63) is 53.9 Å². The topological polar surface area (TPSA) is 72.2 Å². The summed E-state index contributed by atoms with van der Waals surface area (Å²) < 4.78 is 13.9. The lowest BCUT2D eigenvalue weighted by atomic mass is 10.1. The number of carboxylic acids is 1. The predicted molar refractivity (Wildman–Crippen MR) is 81.5 cm³/mol.